The quantitative estimate of drug-likeness (QED) is 0.575. The monoisotopic (exact) mass is 357 g/mol. The van der Waals surface area contributed by atoms with Gasteiger partial charge < -0.3 is 9.73 Å². The Morgan fingerprint density at radius 3 is 2.48 bits per heavy atom. The van der Waals surface area contributed by atoms with Crippen LogP contribution in [0.2, 0.25) is 0 Å². The summed E-state index contributed by atoms with van der Waals surface area (Å²) in [4.78, 5) is 21.1. The molecular weight excluding hydrogens is 338 g/mol. The van der Waals surface area contributed by atoms with Crippen molar-refractivity contribution >= 4 is 22.6 Å². The van der Waals surface area contributed by atoms with Gasteiger partial charge >= 0.3 is 0 Å². The maximum atomic E-state index is 12.4. The zero-order valence-corrected chi connectivity index (χ0v) is 15.2. The highest BCUT2D eigenvalue weighted by Crippen LogP contribution is 2.25. The van der Waals surface area contributed by atoms with Gasteiger partial charge in [0.1, 0.15) is 5.58 Å². The lowest BCUT2D eigenvalue weighted by molar-refractivity contribution is -0.115. The van der Waals surface area contributed by atoms with Crippen LogP contribution in [0.4, 0.5) is 5.69 Å². The van der Waals surface area contributed by atoms with Gasteiger partial charge in [-0.05, 0) is 37.1 Å². The molecule has 134 valence electrons. The summed E-state index contributed by atoms with van der Waals surface area (Å²) in [5, 5.41) is 3.82. The van der Waals surface area contributed by atoms with Gasteiger partial charge in [0.05, 0.1) is 30.8 Å². The van der Waals surface area contributed by atoms with Gasteiger partial charge in [-0.1, -0.05) is 30.3 Å². The number of anilines is 1. The lowest BCUT2D eigenvalue weighted by Gasteiger charge is -2.05. The second-order valence-electron chi connectivity index (χ2n) is 6.58. The fraction of sp³-hybridized carbons (Fsp3) is 0.136. The van der Waals surface area contributed by atoms with E-state index in [1.54, 1.807) is 18.7 Å². The van der Waals surface area contributed by atoms with E-state index in [9.17, 15) is 4.79 Å². The second kappa shape index (κ2) is 7.03. The number of furan rings is 1. The number of rotatable bonds is 4. The van der Waals surface area contributed by atoms with Crippen molar-refractivity contribution in [3.63, 3.8) is 0 Å². The molecule has 2 aromatic heterocycles. The highest BCUT2D eigenvalue weighted by Gasteiger charge is 2.12. The van der Waals surface area contributed by atoms with Crippen molar-refractivity contribution in [2.75, 3.05) is 5.32 Å². The molecule has 0 aliphatic carbocycles. The van der Waals surface area contributed by atoms with Crippen molar-refractivity contribution < 1.29 is 9.21 Å². The highest BCUT2D eigenvalue weighted by atomic mass is 16.3. The number of amides is 1. The van der Waals surface area contributed by atoms with E-state index in [2.05, 4.69) is 28.3 Å². The van der Waals surface area contributed by atoms with Crippen LogP contribution < -0.4 is 5.32 Å². The fourth-order valence-electron chi connectivity index (χ4n) is 2.98. The molecule has 5 nitrogen and oxygen atoms in total. The second-order valence-corrected chi connectivity index (χ2v) is 6.58. The van der Waals surface area contributed by atoms with Crippen molar-refractivity contribution in [2.45, 2.75) is 20.3 Å². The van der Waals surface area contributed by atoms with Gasteiger partial charge in [-0.15, -0.1) is 0 Å². The molecule has 0 atom stereocenters. The van der Waals surface area contributed by atoms with Crippen LogP contribution in [0.1, 0.15) is 16.7 Å². The number of nitrogens with one attached hydrogen (secondary N) is 1. The minimum atomic E-state index is -0.132. The van der Waals surface area contributed by atoms with Crippen LogP contribution in [0.15, 0.2) is 65.5 Å². The normalized spacial score (nSPS) is 10.9. The van der Waals surface area contributed by atoms with Gasteiger partial charge in [0.15, 0.2) is 5.82 Å². The molecule has 0 aliphatic heterocycles. The zero-order valence-electron chi connectivity index (χ0n) is 15.2. The van der Waals surface area contributed by atoms with Gasteiger partial charge in [-0.3, -0.25) is 4.79 Å². The molecule has 0 saturated carbocycles. The summed E-state index contributed by atoms with van der Waals surface area (Å²) in [7, 11) is 0. The Hall–Kier alpha value is -3.47. The van der Waals surface area contributed by atoms with Crippen LogP contribution in [0.25, 0.3) is 22.4 Å². The van der Waals surface area contributed by atoms with E-state index in [-0.39, 0.29) is 12.3 Å². The van der Waals surface area contributed by atoms with Crippen LogP contribution in [0, 0.1) is 13.8 Å². The minimum Gasteiger partial charge on any atom is -0.464 e. The molecule has 0 unspecified atom stereocenters. The summed E-state index contributed by atoms with van der Waals surface area (Å²) < 4.78 is 5.60. The number of carbonyl (C=O) groups is 1. The summed E-state index contributed by atoms with van der Waals surface area (Å²) in [5.41, 5.74) is 5.52. The third kappa shape index (κ3) is 3.58. The maximum absolute atomic E-state index is 12.4. The van der Waals surface area contributed by atoms with E-state index >= 15 is 0 Å². The molecule has 0 saturated heterocycles. The van der Waals surface area contributed by atoms with E-state index < -0.39 is 0 Å². The smallest absolute Gasteiger partial charge is 0.229 e. The van der Waals surface area contributed by atoms with E-state index in [0.717, 1.165) is 22.1 Å². The number of hydrogen-bond donors (Lipinski definition) is 1. The molecule has 2 aromatic carbocycles. The van der Waals surface area contributed by atoms with Crippen LogP contribution in [-0.4, -0.2) is 15.9 Å². The molecule has 1 N–H and O–H groups in total. The van der Waals surface area contributed by atoms with E-state index in [0.29, 0.717) is 11.5 Å². The van der Waals surface area contributed by atoms with E-state index in [1.165, 1.54) is 11.1 Å². The van der Waals surface area contributed by atoms with Gasteiger partial charge in [-0.2, -0.15) is 0 Å². The highest BCUT2D eigenvalue weighted by molar-refractivity contribution is 5.95. The standard InChI is InChI=1S/C22H19N3O2/c1-14-8-19-17(13-27-20(19)9-15(14)2)10-21(26)25-18-11-23-22(24-12-18)16-6-4-3-5-7-16/h3-9,11-13H,10H2,1-2H3,(H,25,26). The first-order chi connectivity index (χ1) is 13.1. The molecule has 0 bridgehead atoms. The molecule has 5 heteroatoms. The number of carbonyl (C=O) groups excluding carboxylic acids is 1. The van der Waals surface area contributed by atoms with Crippen molar-refractivity contribution in [3.8, 4) is 11.4 Å². The molecule has 4 aromatic rings. The minimum absolute atomic E-state index is 0.132. The van der Waals surface area contributed by atoms with Crippen molar-refractivity contribution in [3.05, 3.63) is 77.8 Å². The largest absolute Gasteiger partial charge is 0.464 e. The summed E-state index contributed by atoms with van der Waals surface area (Å²) >= 11 is 0. The van der Waals surface area contributed by atoms with Crippen LogP contribution >= 0.6 is 0 Å². The van der Waals surface area contributed by atoms with E-state index in [4.69, 9.17) is 4.42 Å². The van der Waals surface area contributed by atoms with Gasteiger partial charge in [0.25, 0.3) is 0 Å². The van der Waals surface area contributed by atoms with Crippen molar-refractivity contribution in [1.29, 1.82) is 0 Å². The average Bonchev–Trinajstić information content (AvgIpc) is 3.05. The Kier molecular flexibility index (Phi) is 4.42. The first-order valence-electron chi connectivity index (χ1n) is 8.75. The summed E-state index contributed by atoms with van der Waals surface area (Å²) in [6, 6.07) is 13.8. The lowest BCUT2D eigenvalue weighted by Crippen LogP contribution is -2.14. The molecule has 1 amide bonds. The molecule has 27 heavy (non-hydrogen) atoms. The number of hydrogen-bond acceptors (Lipinski definition) is 4. The Bertz CT molecular complexity index is 1100. The van der Waals surface area contributed by atoms with Gasteiger partial charge in [-0.25, -0.2) is 9.97 Å². The molecule has 2 heterocycles. The molecular formula is C22H19N3O2. The predicted molar refractivity (Wildman–Crippen MR) is 105 cm³/mol. The summed E-state index contributed by atoms with van der Waals surface area (Å²) in [5.74, 6) is 0.493. The first kappa shape index (κ1) is 17.0. The Morgan fingerprint density at radius 2 is 1.74 bits per heavy atom. The van der Waals surface area contributed by atoms with Crippen LogP contribution in [0.5, 0.6) is 0 Å². The fourth-order valence-corrected chi connectivity index (χ4v) is 2.98. The number of nitrogens with zero attached hydrogens (tertiary/aromatic N) is 2. The number of fused-ring (bicyclic) bond motifs is 1. The first-order valence-corrected chi connectivity index (χ1v) is 8.75. The Morgan fingerprint density at radius 1 is 1.04 bits per heavy atom. The third-order valence-electron chi connectivity index (χ3n) is 4.59. The maximum Gasteiger partial charge on any atom is 0.229 e. The number of benzene rings is 2. The van der Waals surface area contributed by atoms with Gasteiger partial charge in [0, 0.05) is 16.5 Å². The van der Waals surface area contributed by atoms with Crippen molar-refractivity contribution in [2.24, 2.45) is 0 Å². The molecule has 0 aliphatic rings. The van der Waals surface area contributed by atoms with Crippen molar-refractivity contribution in [1.82, 2.24) is 9.97 Å². The molecule has 0 radical (unpaired) electrons. The Labute approximate surface area is 157 Å². The number of aryl methyl sites for hydroxylation is 2. The summed E-state index contributed by atoms with van der Waals surface area (Å²) in [6.07, 6.45) is 5.12. The SMILES string of the molecule is Cc1cc2occ(CC(=O)Nc3cnc(-c4ccccc4)nc3)c2cc1C. The van der Waals surface area contributed by atoms with Crippen LogP contribution in [-0.2, 0) is 11.2 Å². The zero-order chi connectivity index (χ0) is 18.8. The molecule has 0 fully saturated rings. The molecule has 0 spiro atoms. The van der Waals surface area contributed by atoms with Gasteiger partial charge in [0.2, 0.25) is 5.91 Å². The topological polar surface area (TPSA) is 68.0 Å². The molecule has 4 rings (SSSR count). The predicted octanol–water partition coefficient (Wildman–Crippen LogP) is 4.69. The third-order valence-corrected chi connectivity index (χ3v) is 4.59. The van der Waals surface area contributed by atoms with Crippen LogP contribution in [0.3, 0.4) is 0 Å². The number of aromatic nitrogens is 2. The average molecular weight is 357 g/mol. The lowest BCUT2D eigenvalue weighted by atomic mass is 10.0. The summed E-state index contributed by atoms with van der Waals surface area (Å²) in [6.45, 7) is 4.10. The van der Waals surface area contributed by atoms with E-state index in [1.807, 2.05) is 43.3 Å². The Balaban J connectivity index is 1.48.